The molecule has 0 amide bonds. The quantitative estimate of drug-likeness (QED) is 0.323. The number of carbonyl (C=O) groups is 2. The van der Waals surface area contributed by atoms with Gasteiger partial charge in [-0.15, -0.1) is 10.2 Å². The van der Waals surface area contributed by atoms with Crippen LogP contribution in [0.3, 0.4) is 0 Å². The van der Waals surface area contributed by atoms with Crippen molar-refractivity contribution in [2.75, 3.05) is 0 Å². The van der Waals surface area contributed by atoms with E-state index in [4.69, 9.17) is 0 Å². The second-order valence-corrected chi connectivity index (χ2v) is 7.81. The molecule has 0 aliphatic rings. The zero-order chi connectivity index (χ0) is 23.2. The predicted octanol–water partition coefficient (Wildman–Crippen LogP) is 3.25. The third-order valence-electron chi connectivity index (χ3n) is 5.31. The molecule has 3 heterocycles. The van der Waals surface area contributed by atoms with Gasteiger partial charge in [-0.2, -0.15) is 0 Å². The number of carbonyl (C=O) groups excluding carboxylic acids is 2. The van der Waals surface area contributed by atoms with E-state index in [2.05, 4.69) is 25.6 Å². The highest BCUT2D eigenvalue weighted by Gasteiger charge is 2.15. The number of ketones is 2. The summed E-state index contributed by atoms with van der Waals surface area (Å²) in [5, 5.41) is 16.5. The standard InChI is InChI=1S/C23H24FN7O2/c1-2-22(32)20-14-30(28-26-20)10-9-18(24)13-31-15-21(27-29-31)23(33)8-7-16-11-17-5-3-4-6-19(17)25-12-16/h3-6,11-12,14-15,18H,2,7-10,13H2,1H3. The first kappa shape index (κ1) is 22.4. The van der Waals surface area contributed by atoms with E-state index in [9.17, 15) is 14.0 Å². The minimum absolute atomic E-state index is 0.0235. The Kier molecular flexibility index (Phi) is 6.92. The summed E-state index contributed by atoms with van der Waals surface area (Å²) >= 11 is 0. The predicted molar refractivity (Wildman–Crippen MR) is 119 cm³/mol. The Bertz CT molecular complexity index is 1270. The van der Waals surface area contributed by atoms with Crippen LogP contribution in [0.4, 0.5) is 4.39 Å². The van der Waals surface area contributed by atoms with Gasteiger partial charge in [0.2, 0.25) is 0 Å². The van der Waals surface area contributed by atoms with Gasteiger partial charge < -0.3 is 0 Å². The maximum absolute atomic E-state index is 14.4. The lowest BCUT2D eigenvalue weighted by atomic mass is 10.1. The summed E-state index contributed by atoms with van der Waals surface area (Å²) in [6, 6.07) is 9.84. The molecule has 33 heavy (non-hydrogen) atoms. The maximum Gasteiger partial charge on any atom is 0.185 e. The van der Waals surface area contributed by atoms with Crippen LogP contribution in [0.2, 0.25) is 0 Å². The van der Waals surface area contributed by atoms with Crippen molar-refractivity contribution >= 4 is 22.5 Å². The van der Waals surface area contributed by atoms with Crippen molar-refractivity contribution in [1.82, 2.24) is 35.0 Å². The number of para-hydroxylation sites is 1. The lowest BCUT2D eigenvalue weighted by molar-refractivity contribution is 0.0972. The van der Waals surface area contributed by atoms with Crippen LogP contribution in [0.25, 0.3) is 10.9 Å². The van der Waals surface area contributed by atoms with Gasteiger partial charge in [0.15, 0.2) is 11.6 Å². The summed E-state index contributed by atoms with van der Waals surface area (Å²) in [7, 11) is 0. The van der Waals surface area contributed by atoms with Crippen LogP contribution in [0.5, 0.6) is 0 Å². The number of hydrogen-bond donors (Lipinski definition) is 0. The highest BCUT2D eigenvalue weighted by molar-refractivity contribution is 5.94. The zero-order valence-corrected chi connectivity index (χ0v) is 18.3. The summed E-state index contributed by atoms with van der Waals surface area (Å²) in [5.74, 6) is -0.254. The number of fused-ring (bicyclic) bond motifs is 1. The van der Waals surface area contributed by atoms with Crippen molar-refractivity contribution in [3.8, 4) is 0 Å². The summed E-state index contributed by atoms with van der Waals surface area (Å²) in [6.45, 7) is 2.01. The molecule has 0 spiro atoms. The zero-order valence-electron chi connectivity index (χ0n) is 18.3. The molecule has 0 aliphatic heterocycles. The van der Waals surface area contributed by atoms with E-state index in [1.807, 2.05) is 30.3 Å². The molecule has 0 fully saturated rings. The van der Waals surface area contributed by atoms with Crippen LogP contribution >= 0.6 is 0 Å². The van der Waals surface area contributed by atoms with Gasteiger partial charge in [-0.3, -0.25) is 19.3 Å². The molecular weight excluding hydrogens is 425 g/mol. The summed E-state index contributed by atoms with van der Waals surface area (Å²) in [5.41, 5.74) is 2.38. The van der Waals surface area contributed by atoms with Crippen molar-refractivity contribution < 1.29 is 14.0 Å². The molecule has 0 saturated heterocycles. The SMILES string of the molecule is CCC(=O)c1cn(CCC(F)Cn2cc(C(=O)CCc3cnc4ccccc4c3)nn2)nn1. The van der Waals surface area contributed by atoms with Crippen molar-refractivity contribution in [3.63, 3.8) is 0 Å². The van der Waals surface area contributed by atoms with E-state index >= 15 is 0 Å². The molecule has 0 N–H and O–H groups in total. The number of Topliss-reactive ketones (excluding diaryl/α,β-unsaturated/α-hetero) is 2. The van der Waals surface area contributed by atoms with Crippen molar-refractivity contribution in [2.45, 2.75) is 51.9 Å². The Balaban J connectivity index is 1.26. The van der Waals surface area contributed by atoms with Gasteiger partial charge in [-0.05, 0) is 24.1 Å². The van der Waals surface area contributed by atoms with E-state index in [0.29, 0.717) is 12.8 Å². The largest absolute Gasteiger partial charge is 0.292 e. The highest BCUT2D eigenvalue weighted by Crippen LogP contribution is 2.15. The first-order chi connectivity index (χ1) is 16.0. The number of hydrogen-bond acceptors (Lipinski definition) is 7. The molecule has 0 radical (unpaired) electrons. The topological polar surface area (TPSA) is 108 Å². The number of halogens is 1. The average molecular weight is 449 g/mol. The second kappa shape index (κ2) is 10.2. The fourth-order valence-electron chi connectivity index (χ4n) is 3.44. The number of aryl methyl sites for hydroxylation is 2. The molecule has 10 heteroatoms. The van der Waals surface area contributed by atoms with Crippen LogP contribution in [0.1, 0.15) is 52.7 Å². The Morgan fingerprint density at radius 2 is 1.76 bits per heavy atom. The molecule has 1 aromatic carbocycles. The van der Waals surface area contributed by atoms with E-state index in [-0.39, 0.29) is 48.9 Å². The van der Waals surface area contributed by atoms with E-state index in [1.165, 1.54) is 21.8 Å². The molecule has 1 atom stereocenters. The monoisotopic (exact) mass is 449 g/mol. The maximum atomic E-state index is 14.4. The van der Waals surface area contributed by atoms with Crippen LogP contribution in [-0.4, -0.2) is 52.7 Å². The molecule has 0 saturated carbocycles. The Morgan fingerprint density at radius 3 is 2.58 bits per heavy atom. The van der Waals surface area contributed by atoms with E-state index in [1.54, 1.807) is 13.1 Å². The summed E-state index contributed by atoms with van der Waals surface area (Å²) < 4.78 is 17.2. The molecular formula is C23H24FN7O2. The first-order valence-corrected chi connectivity index (χ1v) is 10.9. The van der Waals surface area contributed by atoms with Gasteiger partial charge in [0.25, 0.3) is 0 Å². The molecule has 3 aromatic heterocycles. The Labute approximate surface area is 189 Å². The number of benzene rings is 1. The Hall–Kier alpha value is -3.82. The molecule has 9 nitrogen and oxygen atoms in total. The minimum Gasteiger partial charge on any atom is -0.292 e. The molecule has 0 aliphatic carbocycles. The highest BCUT2D eigenvalue weighted by atomic mass is 19.1. The number of alkyl halides is 1. The fourth-order valence-corrected chi connectivity index (χ4v) is 3.44. The van der Waals surface area contributed by atoms with Gasteiger partial charge in [0.1, 0.15) is 17.6 Å². The van der Waals surface area contributed by atoms with Crippen molar-refractivity contribution in [3.05, 3.63) is 65.9 Å². The van der Waals surface area contributed by atoms with Crippen LogP contribution in [-0.2, 0) is 19.5 Å². The Morgan fingerprint density at radius 1 is 1.03 bits per heavy atom. The fraction of sp³-hybridized carbons (Fsp3) is 0.348. The minimum atomic E-state index is -1.21. The third-order valence-corrected chi connectivity index (χ3v) is 5.31. The summed E-state index contributed by atoms with van der Waals surface area (Å²) in [6.07, 6.45) is 4.87. The lowest BCUT2D eigenvalue weighted by Crippen LogP contribution is -2.15. The number of pyridine rings is 1. The van der Waals surface area contributed by atoms with Crippen molar-refractivity contribution in [2.24, 2.45) is 0 Å². The van der Waals surface area contributed by atoms with Gasteiger partial charge >= 0.3 is 0 Å². The van der Waals surface area contributed by atoms with Gasteiger partial charge in [0.05, 0.1) is 24.5 Å². The second-order valence-electron chi connectivity index (χ2n) is 7.81. The molecule has 1 unspecified atom stereocenters. The van der Waals surface area contributed by atoms with Gasteiger partial charge in [0, 0.05) is 37.4 Å². The lowest BCUT2D eigenvalue weighted by Gasteiger charge is -2.07. The average Bonchev–Trinajstić information content (AvgIpc) is 3.50. The van der Waals surface area contributed by atoms with E-state index < -0.39 is 6.17 Å². The number of rotatable bonds is 11. The third kappa shape index (κ3) is 5.71. The van der Waals surface area contributed by atoms with Gasteiger partial charge in [-0.1, -0.05) is 35.5 Å². The molecule has 4 aromatic rings. The summed E-state index contributed by atoms with van der Waals surface area (Å²) in [4.78, 5) is 28.5. The molecule has 0 bridgehead atoms. The van der Waals surface area contributed by atoms with Crippen molar-refractivity contribution in [1.29, 1.82) is 0 Å². The van der Waals surface area contributed by atoms with Gasteiger partial charge in [-0.25, -0.2) is 9.07 Å². The molecule has 170 valence electrons. The first-order valence-electron chi connectivity index (χ1n) is 10.9. The van der Waals surface area contributed by atoms with Crippen LogP contribution in [0.15, 0.2) is 48.9 Å². The normalized spacial score (nSPS) is 12.2. The number of aromatic nitrogens is 7. The van der Waals surface area contributed by atoms with Crippen LogP contribution in [0, 0.1) is 0 Å². The number of nitrogens with zero attached hydrogens (tertiary/aromatic N) is 7. The smallest absolute Gasteiger partial charge is 0.185 e. The van der Waals surface area contributed by atoms with Crippen LogP contribution < -0.4 is 0 Å². The van der Waals surface area contributed by atoms with E-state index in [0.717, 1.165) is 16.5 Å². The molecule has 4 rings (SSSR count).